The molecule has 0 unspecified atom stereocenters. The Labute approximate surface area is 82.7 Å². The molecule has 1 fully saturated rings. The van der Waals surface area contributed by atoms with Crippen LogP contribution in [0.4, 0.5) is 0 Å². The molecule has 1 aliphatic carbocycles. The molecular formula is C11H24N2. The molecule has 1 rings (SSSR count). The Hall–Kier alpha value is -0.0800. The summed E-state index contributed by atoms with van der Waals surface area (Å²) in [5.41, 5.74) is 0. The smallest absolute Gasteiger partial charge is 0.00932 e. The second-order valence-electron chi connectivity index (χ2n) is 4.14. The van der Waals surface area contributed by atoms with Crippen molar-refractivity contribution in [1.82, 2.24) is 10.2 Å². The Morgan fingerprint density at radius 2 is 1.77 bits per heavy atom. The van der Waals surface area contributed by atoms with Gasteiger partial charge in [0.25, 0.3) is 0 Å². The molecule has 1 aliphatic rings. The summed E-state index contributed by atoms with van der Waals surface area (Å²) >= 11 is 0. The van der Waals surface area contributed by atoms with E-state index in [0.29, 0.717) is 0 Å². The van der Waals surface area contributed by atoms with E-state index in [0.717, 1.165) is 18.6 Å². The monoisotopic (exact) mass is 184 g/mol. The fourth-order valence-corrected chi connectivity index (χ4v) is 2.27. The van der Waals surface area contributed by atoms with Gasteiger partial charge in [-0.15, -0.1) is 0 Å². The second kappa shape index (κ2) is 5.61. The molecule has 0 bridgehead atoms. The number of rotatable bonds is 4. The van der Waals surface area contributed by atoms with E-state index in [1.807, 2.05) is 0 Å². The van der Waals surface area contributed by atoms with Crippen LogP contribution in [0.5, 0.6) is 0 Å². The zero-order chi connectivity index (χ0) is 9.68. The third-order valence-electron chi connectivity index (χ3n) is 3.31. The zero-order valence-electron chi connectivity index (χ0n) is 9.34. The van der Waals surface area contributed by atoms with Crippen molar-refractivity contribution < 1.29 is 0 Å². The minimum Gasteiger partial charge on any atom is -0.314 e. The minimum absolute atomic E-state index is 0.798. The van der Waals surface area contributed by atoms with Crippen molar-refractivity contribution in [1.29, 1.82) is 0 Å². The lowest BCUT2D eigenvalue weighted by molar-refractivity contribution is 0.182. The van der Waals surface area contributed by atoms with Crippen LogP contribution >= 0.6 is 0 Å². The molecule has 0 heterocycles. The Morgan fingerprint density at radius 3 is 2.23 bits per heavy atom. The predicted octanol–water partition coefficient (Wildman–Crippen LogP) is 1.86. The zero-order valence-corrected chi connectivity index (χ0v) is 9.34. The van der Waals surface area contributed by atoms with Gasteiger partial charge in [0.2, 0.25) is 0 Å². The summed E-state index contributed by atoms with van der Waals surface area (Å²) in [5, 5.41) is 3.54. The molecule has 0 aromatic rings. The summed E-state index contributed by atoms with van der Waals surface area (Å²) in [6, 6.07) is 1.64. The molecule has 13 heavy (non-hydrogen) atoms. The van der Waals surface area contributed by atoms with Crippen LogP contribution in [-0.4, -0.2) is 37.1 Å². The summed E-state index contributed by atoms with van der Waals surface area (Å²) < 4.78 is 0. The van der Waals surface area contributed by atoms with Crippen LogP contribution in [-0.2, 0) is 0 Å². The molecule has 2 heteroatoms. The molecule has 0 spiro atoms. The highest BCUT2D eigenvalue weighted by Gasteiger charge is 2.22. The minimum atomic E-state index is 0.798. The molecule has 0 atom stereocenters. The highest BCUT2D eigenvalue weighted by Crippen LogP contribution is 2.21. The van der Waals surface area contributed by atoms with Crippen molar-refractivity contribution >= 4 is 0 Å². The molecule has 2 nitrogen and oxygen atoms in total. The number of hydrogen-bond acceptors (Lipinski definition) is 2. The normalized spacial score (nSPS) is 29.5. The first-order valence-corrected chi connectivity index (χ1v) is 5.71. The predicted molar refractivity (Wildman–Crippen MR) is 58.0 cm³/mol. The number of hydrogen-bond donors (Lipinski definition) is 1. The molecule has 0 aliphatic heterocycles. The first-order chi connectivity index (χ1) is 6.27. The standard InChI is InChI=1S/C11H24N2/c1-4-12-10-6-8-11(9-7-10)13(3)5-2/h10-12H,4-9H2,1-3H3. The van der Waals surface area contributed by atoms with Gasteiger partial charge in [0.1, 0.15) is 0 Å². The maximum Gasteiger partial charge on any atom is 0.00932 e. The van der Waals surface area contributed by atoms with Crippen molar-refractivity contribution in [2.75, 3.05) is 20.1 Å². The van der Waals surface area contributed by atoms with E-state index in [9.17, 15) is 0 Å². The molecule has 0 radical (unpaired) electrons. The summed E-state index contributed by atoms with van der Waals surface area (Å²) in [7, 11) is 2.25. The topological polar surface area (TPSA) is 15.3 Å². The molecule has 0 aromatic heterocycles. The highest BCUT2D eigenvalue weighted by atomic mass is 15.1. The van der Waals surface area contributed by atoms with E-state index < -0.39 is 0 Å². The lowest BCUT2D eigenvalue weighted by Crippen LogP contribution is -2.40. The van der Waals surface area contributed by atoms with E-state index in [-0.39, 0.29) is 0 Å². The van der Waals surface area contributed by atoms with Crippen LogP contribution in [0.15, 0.2) is 0 Å². The molecule has 0 aromatic carbocycles. The van der Waals surface area contributed by atoms with Gasteiger partial charge in [-0.05, 0) is 45.8 Å². The quantitative estimate of drug-likeness (QED) is 0.717. The Morgan fingerprint density at radius 1 is 1.15 bits per heavy atom. The van der Waals surface area contributed by atoms with Crippen molar-refractivity contribution in [2.45, 2.75) is 51.6 Å². The van der Waals surface area contributed by atoms with Gasteiger partial charge in [-0.1, -0.05) is 13.8 Å². The summed E-state index contributed by atoms with van der Waals surface area (Å²) in [4.78, 5) is 2.49. The van der Waals surface area contributed by atoms with Gasteiger partial charge in [0.15, 0.2) is 0 Å². The largest absolute Gasteiger partial charge is 0.314 e. The molecule has 1 N–H and O–H groups in total. The summed E-state index contributed by atoms with van der Waals surface area (Å²) in [6.45, 7) is 6.76. The Kier molecular flexibility index (Phi) is 4.74. The SMILES string of the molecule is CCNC1CCC(N(C)CC)CC1. The van der Waals surface area contributed by atoms with Crippen LogP contribution in [0.3, 0.4) is 0 Å². The Bertz CT molecular complexity index is 128. The first kappa shape index (κ1) is 11.0. The Balaban J connectivity index is 2.22. The van der Waals surface area contributed by atoms with Gasteiger partial charge in [0.05, 0.1) is 0 Å². The van der Waals surface area contributed by atoms with Crippen LogP contribution in [0.1, 0.15) is 39.5 Å². The van der Waals surface area contributed by atoms with Crippen molar-refractivity contribution in [3.8, 4) is 0 Å². The van der Waals surface area contributed by atoms with Gasteiger partial charge in [-0.25, -0.2) is 0 Å². The number of nitrogens with zero attached hydrogens (tertiary/aromatic N) is 1. The molecule has 0 saturated heterocycles. The summed E-state index contributed by atoms with van der Waals surface area (Å²) in [5.74, 6) is 0. The van der Waals surface area contributed by atoms with E-state index in [2.05, 4.69) is 31.1 Å². The second-order valence-corrected chi connectivity index (χ2v) is 4.14. The maximum absolute atomic E-state index is 3.54. The molecular weight excluding hydrogens is 160 g/mol. The van der Waals surface area contributed by atoms with E-state index in [1.165, 1.54) is 32.2 Å². The van der Waals surface area contributed by atoms with Crippen molar-refractivity contribution in [3.63, 3.8) is 0 Å². The maximum atomic E-state index is 3.54. The van der Waals surface area contributed by atoms with E-state index >= 15 is 0 Å². The lowest BCUT2D eigenvalue weighted by Gasteiger charge is -2.34. The third-order valence-corrected chi connectivity index (χ3v) is 3.31. The molecule has 0 amide bonds. The van der Waals surface area contributed by atoms with Gasteiger partial charge in [0, 0.05) is 12.1 Å². The average Bonchev–Trinajstić information content (AvgIpc) is 2.18. The van der Waals surface area contributed by atoms with Crippen LogP contribution < -0.4 is 5.32 Å². The van der Waals surface area contributed by atoms with E-state index in [1.54, 1.807) is 0 Å². The fraction of sp³-hybridized carbons (Fsp3) is 1.00. The third kappa shape index (κ3) is 3.28. The van der Waals surface area contributed by atoms with Crippen LogP contribution in [0, 0.1) is 0 Å². The van der Waals surface area contributed by atoms with Gasteiger partial charge in [-0.2, -0.15) is 0 Å². The highest BCUT2D eigenvalue weighted by molar-refractivity contribution is 4.80. The van der Waals surface area contributed by atoms with Gasteiger partial charge in [-0.3, -0.25) is 0 Å². The van der Waals surface area contributed by atoms with Crippen molar-refractivity contribution in [2.24, 2.45) is 0 Å². The fourth-order valence-electron chi connectivity index (χ4n) is 2.27. The number of nitrogens with one attached hydrogen (secondary N) is 1. The molecule has 1 saturated carbocycles. The van der Waals surface area contributed by atoms with Crippen molar-refractivity contribution in [3.05, 3.63) is 0 Å². The van der Waals surface area contributed by atoms with Crippen LogP contribution in [0.2, 0.25) is 0 Å². The van der Waals surface area contributed by atoms with Gasteiger partial charge >= 0.3 is 0 Å². The first-order valence-electron chi connectivity index (χ1n) is 5.71. The average molecular weight is 184 g/mol. The lowest BCUT2D eigenvalue weighted by atomic mass is 9.90. The van der Waals surface area contributed by atoms with Crippen LogP contribution in [0.25, 0.3) is 0 Å². The molecule has 78 valence electrons. The van der Waals surface area contributed by atoms with Gasteiger partial charge < -0.3 is 10.2 Å². The van der Waals surface area contributed by atoms with E-state index in [4.69, 9.17) is 0 Å². The summed E-state index contributed by atoms with van der Waals surface area (Å²) in [6.07, 6.45) is 5.48.